The fourth-order valence-electron chi connectivity index (χ4n) is 1.23. The molecule has 0 aromatic heterocycles. The summed E-state index contributed by atoms with van der Waals surface area (Å²) in [5, 5.41) is 0. The summed E-state index contributed by atoms with van der Waals surface area (Å²) in [6, 6.07) is 0. The van der Waals surface area contributed by atoms with E-state index in [1.807, 2.05) is 0 Å². The number of carbonyl (C=O) groups is 6. The van der Waals surface area contributed by atoms with Gasteiger partial charge in [-0.05, 0) is 13.8 Å². The molecular formula is C11H14N2O8. The summed E-state index contributed by atoms with van der Waals surface area (Å²) in [7, 11) is 0. The highest BCUT2D eigenvalue weighted by Gasteiger charge is 2.80. The molecule has 4 N–H and O–H groups in total. The minimum absolute atomic E-state index is 0.0625. The quantitative estimate of drug-likeness (QED) is 0.316. The first-order valence-corrected chi connectivity index (χ1v) is 5.56. The van der Waals surface area contributed by atoms with E-state index in [1.165, 1.54) is 13.8 Å². The molecule has 0 unspecified atom stereocenters. The first-order chi connectivity index (χ1) is 9.64. The van der Waals surface area contributed by atoms with Crippen LogP contribution < -0.4 is 11.5 Å². The second-order valence-electron chi connectivity index (χ2n) is 3.92. The van der Waals surface area contributed by atoms with Crippen molar-refractivity contribution in [2.75, 3.05) is 6.67 Å². The number of cyclic esters (lactones) is 4. The SMILES string of the molecule is CC(=O)CC(C)=O.NCN.O=C1OC(=O)C12C(=O)OC2=O. The van der Waals surface area contributed by atoms with Crippen molar-refractivity contribution in [3.8, 4) is 0 Å². The highest BCUT2D eigenvalue weighted by atomic mass is 16.7. The molecule has 0 saturated carbocycles. The van der Waals surface area contributed by atoms with Gasteiger partial charge in [0.15, 0.2) is 0 Å². The summed E-state index contributed by atoms with van der Waals surface area (Å²) >= 11 is 0. The molecule has 0 atom stereocenters. The fourth-order valence-corrected chi connectivity index (χ4v) is 1.23. The topological polar surface area (TPSA) is 173 Å². The minimum atomic E-state index is -2.22. The van der Waals surface area contributed by atoms with Gasteiger partial charge in [0.2, 0.25) is 0 Å². The average Bonchev–Trinajstić information content (AvgIpc) is 2.27. The van der Waals surface area contributed by atoms with Crippen LogP contribution in [0.3, 0.4) is 0 Å². The Balaban J connectivity index is 0.000000348. The first kappa shape index (κ1) is 18.5. The molecule has 1 spiro atoms. The standard InChI is InChI=1S/C5O6.C5H8O2.CH6N2/c6-1-5(2(7)10-1)3(8)11-4(5)9;1-4(6)3-5(2)7;2-1-3/h;3H2,1-2H3;1-3H2. The van der Waals surface area contributed by atoms with Crippen LogP contribution in [0.5, 0.6) is 0 Å². The molecule has 2 aliphatic rings. The lowest BCUT2D eigenvalue weighted by atomic mass is 9.80. The van der Waals surface area contributed by atoms with E-state index < -0.39 is 29.3 Å². The Bertz CT molecular complexity index is 435. The molecule has 0 radical (unpaired) electrons. The van der Waals surface area contributed by atoms with Crippen molar-refractivity contribution < 1.29 is 38.2 Å². The van der Waals surface area contributed by atoms with E-state index in [4.69, 9.17) is 0 Å². The van der Waals surface area contributed by atoms with Crippen molar-refractivity contribution in [1.82, 2.24) is 0 Å². The van der Waals surface area contributed by atoms with Gasteiger partial charge in [0.05, 0.1) is 6.42 Å². The average molecular weight is 302 g/mol. The second kappa shape index (κ2) is 7.36. The zero-order chi connectivity index (χ0) is 16.8. The molecule has 0 bridgehead atoms. The molecule has 2 aliphatic heterocycles. The molecule has 2 rings (SSSR count). The summed E-state index contributed by atoms with van der Waals surface area (Å²) in [4.78, 5) is 62.1. The number of esters is 4. The van der Waals surface area contributed by atoms with Gasteiger partial charge in [-0.1, -0.05) is 0 Å². The molecule has 2 saturated heterocycles. The number of hydrogen-bond acceptors (Lipinski definition) is 10. The Morgan fingerprint density at radius 3 is 1.14 bits per heavy atom. The third kappa shape index (κ3) is 3.77. The molecule has 0 amide bonds. The van der Waals surface area contributed by atoms with Crippen LogP contribution in [-0.2, 0) is 38.2 Å². The Kier molecular flexibility index (Phi) is 6.49. The van der Waals surface area contributed by atoms with Crippen molar-refractivity contribution >= 4 is 35.4 Å². The largest absolute Gasteiger partial charge is 0.390 e. The number of carbonyl (C=O) groups excluding carboxylic acids is 6. The fraction of sp³-hybridized carbons (Fsp3) is 0.455. The van der Waals surface area contributed by atoms with E-state index in [9.17, 15) is 28.8 Å². The van der Waals surface area contributed by atoms with Gasteiger partial charge in [-0.25, -0.2) is 19.2 Å². The van der Waals surface area contributed by atoms with Crippen LogP contribution in [0, 0.1) is 5.41 Å². The molecule has 10 nitrogen and oxygen atoms in total. The van der Waals surface area contributed by atoms with Gasteiger partial charge < -0.3 is 20.9 Å². The van der Waals surface area contributed by atoms with Gasteiger partial charge >= 0.3 is 29.3 Å². The summed E-state index contributed by atoms with van der Waals surface area (Å²) in [6.07, 6.45) is 0.0833. The molecule has 21 heavy (non-hydrogen) atoms. The van der Waals surface area contributed by atoms with Crippen LogP contribution in [0.25, 0.3) is 0 Å². The normalized spacial score (nSPS) is 17.0. The maximum Gasteiger partial charge on any atom is 0.357 e. The molecule has 0 aromatic carbocycles. The van der Waals surface area contributed by atoms with E-state index in [1.54, 1.807) is 0 Å². The van der Waals surface area contributed by atoms with Crippen LogP contribution in [0.2, 0.25) is 0 Å². The lowest BCUT2D eigenvalue weighted by Gasteiger charge is -2.36. The molecule has 2 fully saturated rings. The molecule has 116 valence electrons. The van der Waals surface area contributed by atoms with Gasteiger partial charge in [-0.2, -0.15) is 0 Å². The summed E-state index contributed by atoms with van der Waals surface area (Å²) in [5.41, 5.74) is 7.03. The van der Waals surface area contributed by atoms with E-state index in [-0.39, 0.29) is 24.7 Å². The summed E-state index contributed by atoms with van der Waals surface area (Å²) < 4.78 is 7.68. The van der Waals surface area contributed by atoms with Crippen molar-refractivity contribution in [3.05, 3.63) is 0 Å². The Morgan fingerprint density at radius 2 is 1.10 bits per heavy atom. The summed E-state index contributed by atoms with van der Waals surface area (Å²) in [5.74, 6) is -4.67. The Labute approximate surface area is 118 Å². The van der Waals surface area contributed by atoms with Crippen molar-refractivity contribution in [2.24, 2.45) is 16.9 Å². The van der Waals surface area contributed by atoms with Gasteiger partial charge in [0, 0.05) is 6.67 Å². The second-order valence-corrected chi connectivity index (χ2v) is 3.92. The maximum absolute atomic E-state index is 10.5. The van der Waals surface area contributed by atoms with Crippen LogP contribution >= 0.6 is 0 Å². The van der Waals surface area contributed by atoms with E-state index in [0.29, 0.717) is 0 Å². The number of Topliss-reactive ketones (excluding diaryl/α,β-unsaturated/α-hetero) is 2. The van der Waals surface area contributed by atoms with Gasteiger partial charge in [-0.15, -0.1) is 0 Å². The number of ketones is 2. The highest BCUT2D eigenvalue weighted by Crippen LogP contribution is 2.40. The monoisotopic (exact) mass is 302 g/mol. The van der Waals surface area contributed by atoms with Crippen LogP contribution in [0.15, 0.2) is 0 Å². The molecule has 0 aromatic rings. The van der Waals surface area contributed by atoms with Gasteiger partial charge in [0.25, 0.3) is 0 Å². The number of nitrogens with two attached hydrogens (primary N) is 2. The number of ether oxygens (including phenoxy) is 2. The molecule has 0 aliphatic carbocycles. The maximum atomic E-state index is 10.5. The van der Waals surface area contributed by atoms with Crippen molar-refractivity contribution in [2.45, 2.75) is 20.3 Å². The van der Waals surface area contributed by atoms with Crippen molar-refractivity contribution in [1.29, 1.82) is 0 Å². The van der Waals surface area contributed by atoms with E-state index in [0.717, 1.165) is 0 Å². The smallest absolute Gasteiger partial charge is 0.357 e. The first-order valence-electron chi connectivity index (χ1n) is 5.56. The zero-order valence-electron chi connectivity index (χ0n) is 11.3. The number of hydrogen-bond donors (Lipinski definition) is 2. The Hall–Kier alpha value is -2.46. The molecule has 2 heterocycles. The third-order valence-electron chi connectivity index (χ3n) is 2.09. The van der Waals surface area contributed by atoms with E-state index in [2.05, 4.69) is 20.9 Å². The predicted molar refractivity (Wildman–Crippen MR) is 63.9 cm³/mol. The van der Waals surface area contributed by atoms with Crippen LogP contribution in [0.4, 0.5) is 0 Å². The lowest BCUT2D eigenvalue weighted by Crippen LogP contribution is -2.71. The minimum Gasteiger partial charge on any atom is -0.390 e. The molecular weight excluding hydrogens is 288 g/mol. The van der Waals surface area contributed by atoms with Crippen molar-refractivity contribution in [3.63, 3.8) is 0 Å². The van der Waals surface area contributed by atoms with Crippen LogP contribution in [-0.4, -0.2) is 42.1 Å². The highest BCUT2D eigenvalue weighted by molar-refractivity contribution is 6.46. The third-order valence-corrected chi connectivity index (χ3v) is 2.09. The molecule has 10 heteroatoms. The van der Waals surface area contributed by atoms with Gasteiger partial charge in [-0.3, -0.25) is 9.59 Å². The lowest BCUT2D eigenvalue weighted by molar-refractivity contribution is -0.223. The summed E-state index contributed by atoms with van der Waals surface area (Å²) in [6.45, 7) is 3.06. The van der Waals surface area contributed by atoms with E-state index >= 15 is 0 Å². The zero-order valence-corrected chi connectivity index (χ0v) is 11.3. The predicted octanol–water partition coefficient (Wildman–Crippen LogP) is -2.44. The Morgan fingerprint density at radius 1 is 0.857 bits per heavy atom. The number of rotatable bonds is 2. The van der Waals surface area contributed by atoms with Crippen LogP contribution in [0.1, 0.15) is 20.3 Å². The van der Waals surface area contributed by atoms with Gasteiger partial charge in [0.1, 0.15) is 11.6 Å².